The number of ether oxygens (including phenoxy) is 1. The van der Waals surface area contributed by atoms with Crippen LogP contribution in [0.4, 0.5) is 0 Å². The Morgan fingerprint density at radius 1 is 1.30 bits per heavy atom. The summed E-state index contributed by atoms with van der Waals surface area (Å²) in [6, 6.07) is 1.81. The summed E-state index contributed by atoms with van der Waals surface area (Å²) in [5.41, 5.74) is 0.572. The highest BCUT2D eigenvalue weighted by Crippen LogP contribution is 2.32. The smallest absolute Gasteiger partial charge is 0.274 e. The molecule has 1 aromatic heterocycles. The van der Waals surface area contributed by atoms with Crippen molar-refractivity contribution in [1.82, 2.24) is 19.6 Å². The van der Waals surface area contributed by atoms with Gasteiger partial charge in [0, 0.05) is 46.0 Å². The molecule has 3 fully saturated rings. The van der Waals surface area contributed by atoms with Gasteiger partial charge in [-0.2, -0.15) is 5.10 Å². The summed E-state index contributed by atoms with van der Waals surface area (Å²) in [7, 11) is 1.85. The standard InChI is InChI=1S/C17H26N4O2/c1-19-6-5-16(18-19)17(22)21-10-13-4-7-20(9-14(13)11-21)12-15-3-2-8-23-15/h5-6,13-15H,2-4,7-12H2,1H3/t13-,14+,15?/m0/s1. The van der Waals surface area contributed by atoms with Crippen LogP contribution < -0.4 is 0 Å². The lowest BCUT2D eigenvalue weighted by molar-refractivity contribution is 0.0506. The van der Waals surface area contributed by atoms with Crippen molar-refractivity contribution in [1.29, 1.82) is 0 Å². The quantitative estimate of drug-likeness (QED) is 0.834. The third-order valence-corrected chi connectivity index (χ3v) is 5.59. The van der Waals surface area contributed by atoms with Crippen molar-refractivity contribution < 1.29 is 9.53 Å². The Labute approximate surface area is 137 Å². The maximum atomic E-state index is 12.6. The first-order chi connectivity index (χ1) is 11.2. The lowest BCUT2D eigenvalue weighted by Crippen LogP contribution is -2.43. The number of fused-ring (bicyclic) bond motifs is 1. The van der Waals surface area contributed by atoms with Crippen LogP contribution in [0.3, 0.4) is 0 Å². The van der Waals surface area contributed by atoms with Crippen LogP contribution in [-0.4, -0.2) is 70.9 Å². The minimum atomic E-state index is 0.0886. The van der Waals surface area contributed by atoms with Crippen molar-refractivity contribution >= 4 is 5.91 Å². The van der Waals surface area contributed by atoms with Crippen LogP contribution in [0.15, 0.2) is 12.3 Å². The molecule has 3 aliphatic heterocycles. The molecule has 0 aromatic carbocycles. The van der Waals surface area contributed by atoms with Crippen LogP contribution in [0.5, 0.6) is 0 Å². The predicted octanol–water partition coefficient (Wildman–Crippen LogP) is 0.993. The number of piperidine rings is 1. The van der Waals surface area contributed by atoms with Gasteiger partial charge in [0.25, 0.3) is 5.91 Å². The first kappa shape index (κ1) is 15.1. The number of likely N-dealkylation sites (tertiary alicyclic amines) is 2. The van der Waals surface area contributed by atoms with Crippen molar-refractivity contribution in [2.75, 3.05) is 39.3 Å². The number of hydrogen-bond acceptors (Lipinski definition) is 4. The van der Waals surface area contributed by atoms with Gasteiger partial charge in [0.15, 0.2) is 0 Å². The van der Waals surface area contributed by atoms with E-state index in [1.54, 1.807) is 4.68 Å². The van der Waals surface area contributed by atoms with Gasteiger partial charge in [0.05, 0.1) is 6.10 Å². The van der Waals surface area contributed by atoms with Gasteiger partial charge in [-0.05, 0) is 43.7 Å². The minimum Gasteiger partial charge on any atom is -0.377 e. The second-order valence-corrected chi connectivity index (χ2v) is 7.29. The van der Waals surface area contributed by atoms with E-state index in [4.69, 9.17) is 4.74 Å². The molecule has 6 nitrogen and oxygen atoms in total. The number of aromatic nitrogens is 2. The van der Waals surface area contributed by atoms with Crippen molar-refractivity contribution in [2.45, 2.75) is 25.4 Å². The summed E-state index contributed by atoms with van der Waals surface area (Å²) >= 11 is 0. The molecule has 0 spiro atoms. The zero-order valence-corrected chi connectivity index (χ0v) is 13.9. The zero-order valence-electron chi connectivity index (χ0n) is 13.9. The molecule has 23 heavy (non-hydrogen) atoms. The van der Waals surface area contributed by atoms with E-state index < -0.39 is 0 Å². The van der Waals surface area contributed by atoms with Gasteiger partial charge < -0.3 is 14.5 Å². The van der Waals surface area contributed by atoms with Gasteiger partial charge in [-0.15, -0.1) is 0 Å². The number of nitrogens with zero attached hydrogens (tertiary/aromatic N) is 4. The number of carbonyl (C=O) groups excluding carboxylic acids is 1. The summed E-state index contributed by atoms with van der Waals surface area (Å²) in [5, 5.41) is 4.25. The average molecular weight is 318 g/mol. The lowest BCUT2D eigenvalue weighted by atomic mass is 9.88. The number of carbonyl (C=O) groups is 1. The Morgan fingerprint density at radius 2 is 2.17 bits per heavy atom. The number of rotatable bonds is 3. The van der Waals surface area contributed by atoms with Gasteiger partial charge in [0.1, 0.15) is 5.69 Å². The molecule has 3 atom stereocenters. The third-order valence-electron chi connectivity index (χ3n) is 5.59. The van der Waals surface area contributed by atoms with E-state index in [0.29, 0.717) is 23.6 Å². The van der Waals surface area contributed by atoms with Gasteiger partial charge in [-0.1, -0.05) is 0 Å². The first-order valence-electron chi connectivity index (χ1n) is 8.82. The Morgan fingerprint density at radius 3 is 2.91 bits per heavy atom. The molecule has 126 valence electrons. The first-order valence-corrected chi connectivity index (χ1v) is 8.82. The van der Waals surface area contributed by atoms with Gasteiger partial charge in [-0.3, -0.25) is 9.48 Å². The van der Waals surface area contributed by atoms with Crippen LogP contribution in [0.2, 0.25) is 0 Å². The molecule has 0 radical (unpaired) electrons. The van der Waals surface area contributed by atoms with E-state index in [2.05, 4.69) is 10.00 Å². The largest absolute Gasteiger partial charge is 0.377 e. The number of hydrogen-bond donors (Lipinski definition) is 0. The summed E-state index contributed by atoms with van der Waals surface area (Å²) in [5.74, 6) is 1.35. The molecular weight excluding hydrogens is 292 g/mol. The molecule has 6 heteroatoms. The highest BCUT2D eigenvalue weighted by molar-refractivity contribution is 5.92. The molecule has 3 saturated heterocycles. The Kier molecular flexibility index (Phi) is 4.11. The van der Waals surface area contributed by atoms with Crippen LogP contribution in [0, 0.1) is 11.8 Å². The van der Waals surface area contributed by atoms with Crippen molar-refractivity contribution in [3.63, 3.8) is 0 Å². The second kappa shape index (κ2) is 6.24. The summed E-state index contributed by atoms with van der Waals surface area (Å²) in [6.07, 6.45) is 5.87. The monoisotopic (exact) mass is 318 g/mol. The molecule has 1 aromatic rings. The second-order valence-electron chi connectivity index (χ2n) is 7.29. The summed E-state index contributed by atoms with van der Waals surface area (Å²) in [4.78, 5) is 17.1. The van der Waals surface area contributed by atoms with Crippen molar-refractivity contribution in [3.05, 3.63) is 18.0 Å². The minimum absolute atomic E-state index is 0.0886. The fraction of sp³-hybridized carbons (Fsp3) is 0.765. The third kappa shape index (κ3) is 3.15. The van der Waals surface area contributed by atoms with Gasteiger partial charge in [0.2, 0.25) is 0 Å². The molecular formula is C17H26N4O2. The zero-order chi connectivity index (χ0) is 15.8. The predicted molar refractivity (Wildman–Crippen MR) is 86.1 cm³/mol. The van der Waals surface area contributed by atoms with E-state index in [9.17, 15) is 4.79 Å². The molecule has 0 N–H and O–H groups in total. The topological polar surface area (TPSA) is 50.6 Å². The number of aryl methyl sites for hydroxylation is 1. The van der Waals surface area contributed by atoms with E-state index in [0.717, 1.165) is 39.3 Å². The van der Waals surface area contributed by atoms with Gasteiger partial charge in [-0.25, -0.2) is 0 Å². The fourth-order valence-electron chi connectivity index (χ4n) is 4.34. The SMILES string of the molecule is Cn1ccc(C(=O)N2C[C@H]3CN(CC4CCCO4)CC[C@H]3C2)n1. The van der Waals surface area contributed by atoms with Crippen LogP contribution in [0.1, 0.15) is 29.8 Å². The van der Waals surface area contributed by atoms with E-state index in [1.165, 1.54) is 19.3 Å². The molecule has 0 bridgehead atoms. The maximum Gasteiger partial charge on any atom is 0.274 e. The lowest BCUT2D eigenvalue weighted by Gasteiger charge is -2.35. The highest BCUT2D eigenvalue weighted by atomic mass is 16.5. The van der Waals surface area contributed by atoms with Crippen molar-refractivity contribution in [2.24, 2.45) is 18.9 Å². The normalized spacial score (nSPS) is 31.5. The number of amides is 1. The van der Waals surface area contributed by atoms with Crippen LogP contribution >= 0.6 is 0 Å². The van der Waals surface area contributed by atoms with Crippen LogP contribution in [0.25, 0.3) is 0 Å². The maximum absolute atomic E-state index is 12.6. The molecule has 4 rings (SSSR count). The molecule has 3 aliphatic rings. The Balaban J connectivity index is 1.34. The van der Waals surface area contributed by atoms with Crippen molar-refractivity contribution in [3.8, 4) is 0 Å². The van der Waals surface area contributed by atoms with E-state index >= 15 is 0 Å². The van der Waals surface area contributed by atoms with E-state index in [-0.39, 0.29) is 5.91 Å². The average Bonchev–Trinajstić information content (AvgIpc) is 3.26. The molecule has 1 unspecified atom stereocenters. The Hall–Kier alpha value is -1.40. The van der Waals surface area contributed by atoms with Gasteiger partial charge >= 0.3 is 0 Å². The van der Waals surface area contributed by atoms with E-state index in [1.807, 2.05) is 24.2 Å². The molecule has 1 amide bonds. The molecule has 0 saturated carbocycles. The van der Waals surface area contributed by atoms with Crippen LogP contribution in [-0.2, 0) is 11.8 Å². The summed E-state index contributed by atoms with van der Waals surface area (Å²) < 4.78 is 7.46. The molecule has 0 aliphatic carbocycles. The fourth-order valence-corrected chi connectivity index (χ4v) is 4.34. The molecule has 4 heterocycles. The highest BCUT2D eigenvalue weighted by Gasteiger charge is 2.39. The summed E-state index contributed by atoms with van der Waals surface area (Å²) in [6.45, 7) is 6.02. The Bertz CT molecular complexity index is 567.